The highest BCUT2D eigenvalue weighted by atomic mass is 15.2. The van der Waals surface area contributed by atoms with Crippen LogP contribution in [0.1, 0.15) is 30.9 Å². The number of hydrogen-bond donors (Lipinski definition) is 1. The average Bonchev–Trinajstić information content (AvgIpc) is 2.46. The number of likely N-dealkylation sites (tertiary alicyclic amines) is 1. The van der Waals surface area contributed by atoms with Crippen molar-refractivity contribution in [3.63, 3.8) is 0 Å². The van der Waals surface area contributed by atoms with Crippen LogP contribution in [0.3, 0.4) is 0 Å². The lowest BCUT2D eigenvalue weighted by molar-refractivity contribution is 0.197. The van der Waals surface area contributed by atoms with Crippen LogP contribution in [0.4, 0.5) is 0 Å². The zero-order valence-electron chi connectivity index (χ0n) is 11.8. The number of benzene rings is 1. The number of piperidine rings is 1. The molecule has 1 aromatic carbocycles. The molecule has 0 aliphatic carbocycles. The minimum atomic E-state index is 0.696. The van der Waals surface area contributed by atoms with Crippen LogP contribution in [0.15, 0.2) is 24.3 Å². The lowest BCUT2D eigenvalue weighted by atomic mass is 10.0. The second-order valence-electron chi connectivity index (χ2n) is 5.35. The van der Waals surface area contributed by atoms with E-state index in [2.05, 4.69) is 48.5 Å². The Morgan fingerprint density at radius 1 is 1.22 bits per heavy atom. The molecule has 1 aromatic rings. The molecule has 0 radical (unpaired) electrons. The first kappa shape index (κ1) is 13.6. The van der Waals surface area contributed by atoms with Crippen LogP contribution in [-0.4, -0.2) is 37.6 Å². The van der Waals surface area contributed by atoms with Crippen LogP contribution in [0.5, 0.6) is 0 Å². The van der Waals surface area contributed by atoms with E-state index in [4.69, 9.17) is 0 Å². The Hall–Kier alpha value is -0.860. The largest absolute Gasteiger partial charge is 0.316 e. The molecule has 1 aliphatic heterocycles. The van der Waals surface area contributed by atoms with E-state index in [1.807, 2.05) is 0 Å². The second kappa shape index (κ2) is 6.91. The fourth-order valence-corrected chi connectivity index (χ4v) is 2.72. The van der Waals surface area contributed by atoms with Crippen molar-refractivity contribution >= 4 is 0 Å². The number of rotatable bonds is 5. The third-order valence-electron chi connectivity index (χ3n) is 4.06. The summed E-state index contributed by atoms with van der Waals surface area (Å²) in [4.78, 5) is 2.60. The molecule has 18 heavy (non-hydrogen) atoms. The van der Waals surface area contributed by atoms with Crippen LogP contribution >= 0.6 is 0 Å². The molecule has 0 aromatic heterocycles. The van der Waals surface area contributed by atoms with Gasteiger partial charge in [0.1, 0.15) is 0 Å². The molecule has 2 rings (SSSR count). The van der Waals surface area contributed by atoms with Gasteiger partial charge in [-0.25, -0.2) is 0 Å². The Balaban J connectivity index is 1.79. The van der Waals surface area contributed by atoms with Gasteiger partial charge in [0, 0.05) is 19.1 Å². The molecular weight excluding hydrogens is 220 g/mol. The molecule has 1 atom stereocenters. The topological polar surface area (TPSA) is 15.3 Å². The molecule has 1 fully saturated rings. The van der Waals surface area contributed by atoms with Crippen molar-refractivity contribution in [1.82, 2.24) is 10.2 Å². The van der Waals surface area contributed by atoms with Crippen LogP contribution in [0.2, 0.25) is 0 Å². The fourth-order valence-electron chi connectivity index (χ4n) is 2.72. The van der Waals surface area contributed by atoms with E-state index < -0.39 is 0 Å². The average molecular weight is 246 g/mol. The molecule has 1 aliphatic rings. The zero-order chi connectivity index (χ0) is 12.8. The number of nitrogens with one attached hydrogen (secondary N) is 1. The smallest absolute Gasteiger partial charge is 0.0192 e. The van der Waals surface area contributed by atoms with Crippen molar-refractivity contribution in [3.05, 3.63) is 35.4 Å². The molecule has 1 unspecified atom stereocenters. The molecule has 0 spiro atoms. The Bertz CT molecular complexity index is 345. The number of hydrogen-bond acceptors (Lipinski definition) is 2. The molecule has 2 heteroatoms. The Labute approximate surface area is 111 Å². The summed E-state index contributed by atoms with van der Waals surface area (Å²) >= 11 is 0. The Morgan fingerprint density at radius 3 is 2.61 bits per heavy atom. The summed E-state index contributed by atoms with van der Waals surface area (Å²) < 4.78 is 0. The molecule has 1 saturated heterocycles. The second-order valence-corrected chi connectivity index (χ2v) is 5.35. The number of aryl methyl sites for hydroxylation is 1. The quantitative estimate of drug-likeness (QED) is 0.858. The Kier molecular flexibility index (Phi) is 5.21. The van der Waals surface area contributed by atoms with Crippen molar-refractivity contribution in [3.8, 4) is 0 Å². The monoisotopic (exact) mass is 246 g/mol. The lowest BCUT2D eigenvalue weighted by Gasteiger charge is -2.32. The fraction of sp³-hybridized carbons (Fsp3) is 0.625. The van der Waals surface area contributed by atoms with Crippen molar-refractivity contribution < 1.29 is 0 Å². The van der Waals surface area contributed by atoms with Crippen molar-refractivity contribution in [2.75, 3.05) is 26.7 Å². The van der Waals surface area contributed by atoms with Crippen molar-refractivity contribution in [1.29, 1.82) is 0 Å². The van der Waals surface area contributed by atoms with Gasteiger partial charge in [0.05, 0.1) is 0 Å². The van der Waals surface area contributed by atoms with E-state index in [0.29, 0.717) is 6.04 Å². The summed E-state index contributed by atoms with van der Waals surface area (Å²) in [6, 6.07) is 9.81. The molecule has 0 bridgehead atoms. The maximum atomic E-state index is 3.41. The standard InChI is InChI=1S/C16H26N2/c1-3-14-6-8-15(9-7-14)10-12-18-11-4-5-16(13-18)17-2/h6-9,16-17H,3-5,10-13H2,1-2H3. The van der Waals surface area contributed by atoms with Gasteiger partial charge >= 0.3 is 0 Å². The van der Waals surface area contributed by atoms with E-state index in [1.165, 1.54) is 50.0 Å². The third-order valence-corrected chi connectivity index (χ3v) is 4.06. The zero-order valence-corrected chi connectivity index (χ0v) is 11.8. The van der Waals surface area contributed by atoms with Gasteiger partial charge in [-0.15, -0.1) is 0 Å². The molecule has 1 heterocycles. The first-order valence-corrected chi connectivity index (χ1v) is 7.29. The van der Waals surface area contributed by atoms with Crippen LogP contribution in [0.25, 0.3) is 0 Å². The maximum Gasteiger partial charge on any atom is 0.0192 e. The highest BCUT2D eigenvalue weighted by Crippen LogP contribution is 2.11. The summed E-state index contributed by atoms with van der Waals surface area (Å²) in [5.74, 6) is 0. The van der Waals surface area contributed by atoms with Crippen molar-refractivity contribution in [2.45, 2.75) is 38.6 Å². The summed E-state index contributed by atoms with van der Waals surface area (Å²) in [5.41, 5.74) is 2.91. The normalized spacial score (nSPS) is 21.1. The summed E-state index contributed by atoms with van der Waals surface area (Å²) in [6.45, 7) is 5.89. The van der Waals surface area contributed by atoms with E-state index in [0.717, 1.165) is 6.42 Å². The highest BCUT2D eigenvalue weighted by Gasteiger charge is 2.17. The van der Waals surface area contributed by atoms with E-state index in [-0.39, 0.29) is 0 Å². The molecule has 100 valence electrons. The first-order chi connectivity index (χ1) is 8.81. The predicted octanol–water partition coefficient (Wildman–Crippen LogP) is 2.48. The molecule has 0 saturated carbocycles. The van der Waals surface area contributed by atoms with E-state index >= 15 is 0 Å². The van der Waals surface area contributed by atoms with Gasteiger partial charge < -0.3 is 10.2 Å². The number of likely N-dealkylation sites (N-methyl/N-ethyl adjacent to an activating group) is 1. The van der Waals surface area contributed by atoms with Crippen molar-refractivity contribution in [2.24, 2.45) is 0 Å². The van der Waals surface area contributed by atoms with Gasteiger partial charge in [0.25, 0.3) is 0 Å². The van der Waals surface area contributed by atoms with Gasteiger partial charge in [-0.3, -0.25) is 0 Å². The molecular formula is C16H26N2. The van der Waals surface area contributed by atoms with Gasteiger partial charge in [-0.1, -0.05) is 31.2 Å². The molecule has 2 nitrogen and oxygen atoms in total. The summed E-state index contributed by atoms with van der Waals surface area (Å²) in [6.07, 6.45) is 4.98. The lowest BCUT2D eigenvalue weighted by Crippen LogP contribution is -2.44. The van der Waals surface area contributed by atoms with Gasteiger partial charge in [-0.05, 0) is 50.4 Å². The first-order valence-electron chi connectivity index (χ1n) is 7.29. The Morgan fingerprint density at radius 2 is 1.94 bits per heavy atom. The van der Waals surface area contributed by atoms with Gasteiger partial charge in [0.15, 0.2) is 0 Å². The SMILES string of the molecule is CCc1ccc(CCN2CCCC(NC)C2)cc1. The molecule has 1 N–H and O–H groups in total. The van der Waals surface area contributed by atoms with Crippen LogP contribution in [-0.2, 0) is 12.8 Å². The highest BCUT2D eigenvalue weighted by molar-refractivity contribution is 5.22. The predicted molar refractivity (Wildman–Crippen MR) is 78.0 cm³/mol. The number of nitrogens with zero attached hydrogens (tertiary/aromatic N) is 1. The molecule has 0 amide bonds. The van der Waals surface area contributed by atoms with E-state index in [1.54, 1.807) is 0 Å². The van der Waals surface area contributed by atoms with Crippen LogP contribution < -0.4 is 5.32 Å². The minimum Gasteiger partial charge on any atom is -0.316 e. The summed E-state index contributed by atoms with van der Waals surface area (Å²) in [7, 11) is 2.08. The van der Waals surface area contributed by atoms with E-state index in [9.17, 15) is 0 Å². The van der Waals surface area contributed by atoms with Crippen LogP contribution in [0, 0.1) is 0 Å². The third kappa shape index (κ3) is 3.82. The maximum absolute atomic E-state index is 3.41. The van der Waals surface area contributed by atoms with Gasteiger partial charge in [-0.2, -0.15) is 0 Å². The minimum absolute atomic E-state index is 0.696. The van der Waals surface area contributed by atoms with Gasteiger partial charge in [0.2, 0.25) is 0 Å². The summed E-state index contributed by atoms with van der Waals surface area (Å²) in [5, 5.41) is 3.41.